The Kier molecular flexibility index (Phi) is 3.42. The molecule has 1 aromatic rings. The van der Waals surface area contributed by atoms with Gasteiger partial charge in [-0.15, -0.1) is 0 Å². The van der Waals surface area contributed by atoms with Gasteiger partial charge in [0, 0.05) is 5.57 Å². The lowest BCUT2D eigenvalue weighted by molar-refractivity contribution is -0.163. The van der Waals surface area contributed by atoms with E-state index in [-0.39, 0.29) is 6.54 Å². The van der Waals surface area contributed by atoms with Crippen LogP contribution in [0, 0.1) is 0 Å². The van der Waals surface area contributed by atoms with Crippen LogP contribution in [0.4, 0.5) is 0 Å². The summed E-state index contributed by atoms with van der Waals surface area (Å²) in [4.78, 5) is 11.2. The third-order valence-electron chi connectivity index (χ3n) is 1.77. The lowest BCUT2D eigenvalue weighted by Gasteiger charge is -2.14. The zero-order valence-corrected chi connectivity index (χ0v) is 8.10. The van der Waals surface area contributed by atoms with E-state index in [0.717, 1.165) is 5.56 Å². The Morgan fingerprint density at radius 2 is 2.00 bits per heavy atom. The molecule has 0 saturated carbocycles. The van der Waals surface area contributed by atoms with Crippen LogP contribution in [-0.2, 0) is 11.3 Å². The Morgan fingerprint density at radius 1 is 1.43 bits per heavy atom. The number of hydrogen-bond donors (Lipinski definition) is 1. The first-order chi connectivity index (χ1) is 6.61. The molecular formula is C11H13NO2. The highest BCUT2D eigenvalue weighted by molar-refractivity contribution is 5.91. The second kappa shape index (κ2) is 4.58. The molecule has 0 aliphatic heterocycles. The van der Waals surface area contributed by atoms with Gasteiger partial charge in [-0.25, -0.2) is 5.06 Å². The predicted octanol–water partition coefficient (Wildman–Crippen LogP) is 1.98. The lowest BCUT2D eigenvalue weighted by Crippen LogP contribution is -2.27. The number of carbonyl (C=O) groups excluding carboxylic acids is 1. The van der Waals surface area contributed by atoms with E-state index in [1.165, 1.54) is 0 Å². The minimum Gasteiger partial charge on any atom is -0.285 e. The molecule has 3 heteroatoms. The van der Waals surface area contributed by atoms with Gasteiger partial charge in [-0.05, 0) is 12.5 Å². The number of benzene rings is 1. The van der Waals surface area contributed by atoms with Crippen LogP contribution in [0.2, 0.25) is 0 Å². The number of amides is 1. The monoisotopic (exact) mass is 191 g/mol. The van der Waals surface area contributed by atoms with Crippen molar-refractivity contribution in [2.75, 3.05) is 0 Å². The third-order valence-corrected chi connectivity index (χ3v) is 1.77. The highest BCUT2D eigenvalue weighted by Crippen LogP contribution is 2.04. The van der Waals surface area contributed by atoms with Crippen molar-refractivity contribution in [3.05, 3.63) is 48.0 Å². The first-order valence-electron chi connectivity index (χ1n) is 4.31. The van der Waals surface area contributed by atoms with Gasteiger partial charge in [-0.3, -0.25) is 10.0 Å². The SMILES string of the molecule is C=C(C)C(=O)N(O)Cc1ccccc1. The second-order valence-corrected chi connectivity index (χ2v) is 3.13. The largest absolute Gasteiger partial charge is 0.285 e. The molecule has 0 atom stereocenters. The van der Waals surface area contributed by atoms with Gasteiger partial charge in [-0.2, -0.15) is 0 Å². The summed E-state index contributed by atoms with van der Waals surface area (Å²) in [5.41, 5.74) is 1.20. The average Bonchev–Trinajstić information content (AvgIpc) is 2.18. The maximum absolute atomic E-state index is 11.2. The van der Waals surface area contributed by atoms with Gasteiger partial charge in [0.15, 0.2) is 0 Å². The van der Waals surface area contributed by atoms with Gasteiger partial charge >= 0.3 is 0 Å². The maximum Gasteiger partial charge on any atom is 0.272 e. The molecule has 14 heavy (non-hydrogen) atoms. The third kappa shape index (κ3) is 2.71. The first-order valence-corrected chi connectivity index (χ1v) is 4.31. The van der Waals surface area contributed by atoms with Gasteiger partial charge in [0.1, 0.15) is 0 Å². The van der Waals surface area contributed by atoms with Crippen molar-refractivity contribution in [1.82, 2.24) is 5.06 Å². The molecule has 0 aliphatic carbocycles. The molecule has 1 rings (SSSR count). The molecule has 0 aromatic heterocycles. The molecule has 0 aliphatic rings. The van der Waals surface area contributed by atoms with Gasteiger partial charge < -0.3 is 0 Å². The standard InChI is InChI=1S/C11H13NO2/c1-9(2)11(13)12(14)8-10-6-4-3-5-7-10/h3-7,14H,1,8H2,2H3. The number of rotatable bonds is 3. The van der Waals surface area contributed by atoms with Crippen LogP contribution >= 0.6 is 0 Å². The van der Waals surface area contributed by atoms with E-state index in [0.29, 0.717) is 10.6 Å². The van der Waals surface area contributed by atoms with E-state index in [1.54, 1.807) is 6.92 Å². The van der Waals surface area contributed by atoms with Crippen molar-refractivity contribution in [2.45, 2.75) is 13.5 Å². The van der Waals surface area contributed by atoms with Crippen molar-refractivity contribution < 1.29 is 10.0 Å². The summed E-state index contributed by atoms with van der Waals surface area (Å²) in [5, 5.41) is 10.0. The lowest BCUT2D eigenvalue weighted by atomic mass is 10.2. The topological polar surface area (TPSA) is 40.5 Å². The van der Waals surface area contributed by atoms with E-state index >= 15 is 0 Å². The fourth-order valence-corrected chi connectivity index (χ4v) is 1.05. The zero-order valence-electron chi connectivity index (χ0n) is 8.10. The molecule has 0 fully saturated rings. The fourth-order valence-electron chi connectivity index (χ4n) is 1.05. The summed E-state index contributed by atoms with van der Waals surface area (Å²) in [6.07, 6.45) is 0. The van der Waals surface area contributed by atoms with E-state index < -0.39 is 5.91 Å². The van der Waals surface area contributed by atoms with Crippen molar-refractivity contribution in [2.24, 2.45) is 0 Å². The predicted molar refractivity (Wildman–Crippen MR) is 53.6 cm³/mol. The van der Waals surface area contributed by atoms with Gasteiger partial charge in [0.25, 0.3) is 5.91 Å². The molecule has 0 heterocycles. The fraction of sp³-hybridized carbons (Fsp3) is 0.182. The van der Waals surface area contributed by atoms with Crippen LogP contribution in [-0.4, -0.2) is 16.2 Å². The molecule has 1 N–H and O–H groups in total. The van der Waals surface area contributed by atoms with Crippen molar-refractivity contribution in [1.29, 1.82) is 0 Å². The van der Waals surface area contributed by atoms with Crippen LogP contribution in [0.15, 0.2) is 42.5 Å². The summed E-state index contributed by atoms with van der Waals surface area (Å²) in [5.74, 6) is -0.450. The van der Waals surface area contributed by atoms with E-state index in [9.17, 15) is 10.0 Å². The molecule has 0 spiro atoms. The average molecular weight is 191 g/mol. The van der Waals surface area contributed by atoms with Crippen molar-refractivity contribution in [3.63, 3.8) is 0 Å². The highest BCUT2D eigenvalue weighted by Gasteiger charge is 2.10. The number of nitrogens with zero attached hydrogens (tertiary/aromatic N) is 1. The van der Waals surface area contributed by atoms with Crippen molar-refractivity contribution in [3.8, 4) is 0 Å². The number of hydroxylamine groups is 2. The number of carbonyl (C=O) groups is 1. The Labute approximate surface area is 83.2 Å². The Bertz CT molecular complexity index is 332. The normalized spacial score (nSPS) is 9.57. The molecule has 1 amide bonds. The molecule has 0 bridgehead atoms. The Balaban J connectivity index is 2.62. The molecule has 3 nitrogen and oxygen atoms in total. The summed E-state index contributed by atoms with van der Waals surface area (Å²) >= 11 is 0. The maximum atomic E-state index is 11.2. The Hall–Kier alpha value is -1.61. The van der Waals surface area contributed by atoms with Crippen LogP contribution in [0.25, 0.3) is 0 Å². The van der Waals surface area contributed by atoms with Crippen LogP contribution in [0.5, 0.6) is 0 Å². The summed E-state index contributed by atoms with van der Waals surface area (Å²) in [6.45, 7) is 5.22. The molecule has 74 valence electrons. The smallest absolute Gasteiger partial charge is 0.272 e. The molecule has 0 unspecified atom stereocenters. The minimum absolute atomic E-state index is 0.187. The van der Waals surface area contributed by atoms with Crippen LogP contribution in [0.3, 0.4) is 0 Å². The van der Waals surface area contributed by atoms with Crippen molar-refractivity contribution >= 4 is 5.91 Å². The summed E-state index contributed by atoms with van der Waals surface area (Å²) < 4.78 is 0. The van der Waals surface area contributed by atoms with Crippen LogP contribution < -0.4 is 0 Å². The molecule has 1 aromatic carbocycles. The molecule has 0 radical (unpaired) electrons. The van der Waals surface area contributed by atoms with Gasteiger partial charge in [-0.1, -0.05) is 36.9 Å². The zero-order chi connectivity index (χ0) is 10.6. The quantitative estimate of drug-likeness (QED) is 0.451. The number of hydrogen-bond acceptors (Lipinski definition) is 2. The van der Waals surface area contributed by atoms with E-state index in [1.807, 2.05) is 30.3 Å². The van der Waals surface area contributed by atoms with E-state index in [4.69, 9.17) is 0 Å². The van der Waals surface area contributed by atoms with Gasteiger partial charge in [0.2, 0.25) is 0 Å². The molecule has 0 saturated heterocycles. The summed E-state index contributed by atoms with van der Waals surface area (Å²) in [7, 11) is 0. The molecular weight excluding hydrogens is 178 g/mol. The van der Waals surface area contributed by atoms with Gasteiger partial charge in [0.05, 0.1) is 6.54 Å². The summed E-state index contributed by atoms with van der Waals surface area (Å²) in [6, 6.07) is 9.28. The van der Waals surface area contributed by atoms with Crippen LogP contribution in [0.1, 0.15) is 12.5 Å². The minimum atomic E-state index is -0.450. The second-order valence-electron chi connectivity index (χ2n) is 3.13. The van der Waals surface area contributed by atoms with E-state index in [2.05, 4.69) is 6.58 Å². The Morgan fingerprint density at radius 3 is 2.50 bits per heavy atom. The first kappa shape index (κ1) is 10.5. The highest BCUT2D eigenvalue weighted by atomic mass is 16.5.